The Morgan fingerprint density at radius 3 is 2.43 bits per heavy atom. The standard InChI is InChI=1S/C27H28F4N2O4/c1-25-13-15-14-32-33(18-7-5-17(28)6-8-18)21(15)12-16(25)4-9-19-20(25)10-11-26(24(35)37-3,27(29,30)31)22(19)23(34)36-2/h5-8,10,14,16,19,22H,4,9,11-13H2,1-3H3/t16-,19+,22-,25+,26+/m1/s1. The van der Waals surface area contributed by atoms with Crippen molar-refractivity contribution in [2.24, 2.45) is 28.6 Å². The van der Waals surface area contributed by atoms with Gasteiger partial charge in [-0.05, 0) is 79.2 Å². The maximum absolute atomic E-state index is 14.6. The lowest BCUT2D eigenvalue weighted by Crippen LogP contribution is -2.60. The molecule has 1 saturated carbocycles. The lowest BCUT2D eigenvalue weighted by Gasteiger charge is -2.55. The van der Waals surface area contributed by atoms with Gasteiger partial charge in [-0.1, -0.05) is 18.6 Å². The molecule has 0 spiro atoms. The number of ether oxygens (including phenoxy) is 2. The van der Waals surface area contributed by atoms with Gasteiger partial charge in [0.25, 0.3) is 0 Å². The Kier molecular flexibility index (Phi) is 5.99. The Hall–Kier alpha value is -3.17. The van der Waals surface area contributed by atoms with Gasteiger partial charge in [0.05, 0.1) is 32.0 Å². The Morgan fingerprint density at radius 1 is 1.11 bits per heavy atom. The summed E-state index contributed by atoms with van der Waals surface area (Å²) in [4.78, 5) is 25.7. The van der Waals surface area contributed by atoms with Crippen LogP contribution < -0.4 is 0 Å². The number of alkyl halides is 3. The van der Waals surface area contributed by atoms with Crippen molar-refractivity contribution in [3.8, 4) is 5.69 Å². The first-order chi connectivity index (χ1) is 17.5. The first kappa shape index (κ1) is 25.5. The minimum absolute atomic E-state index is 0.0909. The maximum atomic E-state index is 14.6. The number of benzene rings is 1. The van der Waals surface area contributed by atoms with E-state index >= 15 is 0 Å². The molecular formula is C27H28F4N2O4. The van der Waals surface area contributed by atoms with Crippen molar-refractivity contribution >= 4 is 11.9 Å². The number of hydrogen-bond donors (Lipinski definition) is 0. The van der Waals surface area contributed by atoms with E-state index in [1.807, 2.05) is 6.92 Å². The maximum Gasteiger partial charge on any atom is 0.406 e. The lowest BCUT2D eigenvalue weighted by atomic mass is 9.48. The van der Waals surface area contributed by atoms with Crippen molar-refractivity contribution in [3.63, 3.8) is 0 Å². The van der Waals surface area contributed by atoms with Gasteiger partial charge in [0.2, 0.25) is 0 Å². The van der Waals surface area contributed by atoms with Crippen LogP contribution in [-0.4, -0.2) is 42.1 Å². The zero-order valence-electron chi connectivity index (χ0n) is 20.8. The fourth-order valence-electron chi connectivity index (χ4n) is 7.06. The molecule has 2 aromatic rings. The van der Waals surface area contributed by atoms with Crippen LogP contribution in [0.15, 0.2) is 42.1 Å². The molecule has 5 rings (SSSR count). The number of nitrogens with zero attached hydrogens (tertiary/aromatic N) is 2. The summed E-state index contributed by atoms with van der Waals surface area (Å²) in [7, 11) is 1.95. The molecule has 1 aromatic carbocycles. The van der Waals surface area contributed by atoms with Gasteiger partial charge in [-0.3, -0.25) is 9.59 Å². The monoisotopic (exact) mass is 520 g/mol. The highest BCUT2D eigenvalue weighted by Crippen LogP contribution is 2.63. The number of carbonyl (C=O) groups excluding carboxylic acids is 2. The molecular weight excluding hydrogens is 492 g/mol. The molecule has 0 saturated heterocycles. The number of aromatic nitrogens is 2. The molecule has 0 unspecified atom stereocenters. The molecule has 1 aromatic heterocycles. The molecule has 10 heteroatoms. The van der Waals surface area contributed by atoms with Gasteiger partial charge in [-0.2, -0.15) is 18.3 Å². The molecule has 0 amide bonds. The summed E-state index contributed by atoms with van der Waals surface area (Å²) in [5.41, 5.74) is -0.0714. The summed E-state index contributed by atoms with van der Waals surface area (Å²) in [6.07, 6.45) is -0.377. The topological polar surface area (TPSA) is 70.4 Å². The Morgan fingerprint density at radius 2 is 1.81 bits per heavy atom. The molecule has 1 fully saturated rings. The predicted octanol–water partition coefficient (Wildman–Crippen LogP) is 4.98. The number of carbonyl (C=O) groups is 2. The summed E-state index contributed by atoms with van der Waals surface area (Å²) in [6.45, 7) is 2.03. The molecule has 0 aliphatic heterocycles. The molecule has 6 nitrogen and oxygen atoms in total. The zero-order chi connectivity index (χ0) is 26.8. The number of halogens is 4. The highest BCUT2D eigenvalue weighted by molar-refractivity contribution is 5.87. The van der Waals surface area contributed by atoms with E-state index in [0.29, 0.717) is 25.7 Å². The summed E-state index contributed by atoms with van der Waals surface area (Å²) in [5, 5.41) is 4.53. The van der Waals surface area contributed by atoms with E-state index in [2.05, 4.69) is 9.84 Å². The van der Waals surface area contributed by atoms with Crippen LogP contribution in [0.1, 0.15) is 37.4 Å². The molecule has 0 radical (unpaired) electrons. The fourth-order valence-corrected chi connectivity index (χ4v) is 7.06. The van der Waals surface area contributed by atoms with Gasteiger partial charge in [-0.15, -0.1) is 0 Å². The van der Waals surface area contributed by atoms with Crippen molar-refractivity contribution in [3.05, 3.63) is 59.2 Å². The normalized spacial score (nSPS) is 30.9. The van der Waals surface area contributed by atoms with Crippen LogP contribution in [0.5, 0.6) is 0 Å². The second kappa shape index (κ2) is 8.70. The SMILES string of the molecule is COC(=O)[C@H]1[C@H]2CC[C@@H]3Cc4c(cnn4-c4ccc(F)cc4)C[C@]3(C)C2=CC[C@]1(C(=O)OC)C(F)(F)F. The zero-order valence-corrected chi connectivity index (χ0v) is 20.8. The third-order valence-electron chi connectivity index (χ3n) is 8.90. The van der Waals surface area contributed by atoms with Crippen LogP contribution in [0.4, 0.5) is 17.6 Å². The van der Waals surface area contributed by atoms with Gasteiger partial charge < -0.3 is 9.47 Å². The third-order valence-corrected chi connectivity index (χ3v) is 8.90. The average Bonchev–Trinajstić information content (AvgIpc) is 3.27. The average molecular weight is 521 g/mol. The minimum Gasteiger partial charge on any atom is -0.469 e. The van der Waals surface area contributed by atoms with E-state index in [-0.39, 0.29) is 11.7 Å². The van der Waals surface area contributed by atoms with Gasteiger partial charge in [-0.25, -0.2) is 9.07 Å². The molecule has 3 aliphatic rings. The van der Waals surface area contributed by atoms with Crippen LogP contribution >= 0.6 is 0 Å². The van der Waals surface area contributed by atoms with Crippen LogP contribution in [0.25, 0.3) is 5.69 Å². The molecule has 0 bridgehead atoms. The number of hydrogen-bond acceptors (Lipinski definition) is 5. The first-order valence-electron chi connectivity index (χ1n) is 12.2. The summed E-state index contributed by atoms with van der Waals surface area (Å²) < 4.78 is 68.5. The summed E-state index contributed by atoms with van der Waals surface area (Å²) in [6, 6.07) is 6.05. The van der Waals surface area contributed by atoms with E-state index in [1.165, 1.54) is 18.2 Å². The first-order valence-corrected chi connectivity index (χ1v) is 12.2. The lowest BCUT2D eigenvalue weighted by molar-refractivity contribution is -0.256. The van der Waals surface area contributed by atoms with Crippen molar-refractivity contribution in [2.45, 2.75) is 45.2 Å². The van der Waals surface area contributed by atoms with Crippen molar-refractivity contribution in [1.29, 1.82) is 0 Å². The quantitative estimate of drug-likeness (QED) is 0.324. The molecule has 5 atom stereocenters. The number of methoxy groups -OCH3 is 2. The summed E-state index contributed by atoms with van der Waals surface area (Å²) in [5.74, 6) is -5.32. The number of rotatable bonds is 3. The number of allylic oxidation sites excluding steroid dienone is 2. The third kappa shape index (κ3) is 3.62. The predicted molar refractivity (Wildman–Crippen MR) is 124 cm³/mol. The molecule has 0 N–H and O–H groups in total. The van der Waals surface area contributed by atoms with Gasteiger partial charge in [0, 0.05) is 5.69 Å². The van der Waals surface area contributed by atoms with Crippen LogP contribution in [0.2, 0.25) is 0 Å². The summed E-state index contributed by atoms with van der Waals surface area (Å²) >= 11 is 0. The highest BCUT2D eigenvalue weighted by atomic mass is 19.4. The van der Waals surface area contributed by atoms with Crippen molar-refractivity contribution in [1.82, 2.24) is 9.78 Å². The molecule has 198 valence electrons. The molecule has 3 aliphatic carbocycles. The van der Waals surface area contributed by atoms with Crippen LogP contribution in [0, 0.1) is 34.4 Å². The Bertz CT molecular complexity index is 1270. The second-order valence-electron chi connectivity index (χ2n) is 10.5. The molecule has 37 heavy (non-hydrogen) atoms. The second-order valence-corrected chi connectivity index (χ2v) is 10.5. The van der Waals surface area contributed by atoms with E-state index in [1.54, 1.807) is 23.0 Å². The van der Waals surface area contributed by atoms with Crippen LogP contribution in [-0.2, 0) is 31.9 Å². The number of esters is 2. The van der Waals surface area contributed by atoms with Gasteiger partial charge in [0.1, 0.15) is 5.82 Å². The van der Waals surface area contributed by atoms with Crippen LogP contribution in [0.3, 0.4) is 0 Å². The molecule has 1 heterocycles. The van der Waals surface area contributed by atoms with E-state index < -0.39 is 47.2 Å². The largest absolute Gasteiger partial charge is 0.469 e. The van der Waals surface area contributed by atoms with E-state index in [4.69, 9.17) is 4.74 Å². The van der Waals surface area contributed by atoms with Crippen molar-refractivity contribution in [2.75, 3.05) is 14.2 Å². The Balaban J connectivity index is 1.58. The smallest absolute Gasteiger partial charge is 0.406 e. The van der Waals surface area contributed by atoms with E-state index in [9.17, 15) is 27.2 Å². The number of fused-ring (bicyclic) bond motifs is 4. The fraction of sp³-hybridized carbons (Fsp3) is 0.519. The van der Waals surface area contributed by atoms with E-state index in [0.717, 1.165) is 36.7 Å². The highest BCUT2D eigenvalue weighted by Gasteiger charge is 2.71. The van der Waals surface area contributed by atoms with Gasteiger partial charge in [0.15, 0.2) is 5.41 Å². The van der Waals surface area contributed by atoms with Gasteiger partial charge >= 0.3 is 18.1 Å². The minimum atomic E-state index is -5.01. The van der Waals surface area contributed by atoms with Crippen molar-refractivity contribution < 1.29 is 36.6 Å². The Labute approximate surface area is 211 Å².